The number of pyridine rings is 1. The SMILES string of the molecule is COC(=O)c1nc(-c2ccc(C=O)c(F)c2F)c(F)c(N)c1Cl. The number of hydrogen-bond donors (Lipinski definition) is 1. The van der Waals surface area contributed by atoms with Gasteiger partial charge in [-0.3, -0.25) is 4.79 Å². The topological polar surface area (TPSA) is 82.3 Å². The lowest BCUT2D eigenvalue weighted by Gasteiger charge is -2.11. The minimum Gasteiger partial charge on any atom is -0.464 e. The summed E-state index contributed by atoms with van der Waals surface area (Å²) < 4.78 is 46.3. The number of ether oxygens (including phenoxy) is 1. The molecule has 0 unspecified atom stereocenters. The van der Waals surface area contributed by atoms with Gasteiger partial charge in [-0.25, -0.2) is 22.9 Å². The summed E-state index contributed by atoms with van der Waals surface area (Å²) in [5.41, 5.74) is 2.29. The molecule has 0 saturated heterocycles. The quantitative estimate of drug-likeness (QED) is 0.683. The molecule has 0 fully saturated rings. The van der Waals surface area contributed by atoms with Crippen molar-refractivity contribution in [3.05, 3.63) is 45.9 Å². The molecule has 0 aliphatic heterocycles. The number of aromatic nitrogens is 1. The maximum Gasteiger partial charge on any atom is 0.358 e. The van der Waals surface area contributed by atoms with E-state index in [-0.39, 0.29) is 6.29 Å². The molecule has 0 spiro atoms. The molecular formula is C14H8ClF3N2O3. The predicted molar refractivity (Wildman–Crippen MR) is 75.7 cm³/mol. The summed E-state index contributed by atoms with van der Waals surface area (Å²) >= 11 is 5.71. The van der Waals surface area contributed by atoms with Gasteiger partial charge >= 0.3 is 5.97 Å². The van der Waals surface area contributed by atoms with Crippen LogP contribution in [0.25, 0.3) is 11.3 Å². The van der Waals surface area contributed by atoms with E-state index in [4.69, 9.17) is 17.3 Å². The number of rotatable bonds is 3. The molecule has 23 heavy (non-hydrogen) atoms. The van der Waals surface area contributed by atoms with Crippen LogP contribution in [0, 0.1) is 17.5 Å². The molecule has 0 atom stereocenters. The zero-order valence-corrected chi connectivity index (χ0v) is 12.2. The van der Waals surface area contributed by atoms with Gasteiger partial charge in [0.2, 0.25) is 0 Å². The first-order valence-corrected chi connectivity index (χ1v) is 6.37. The first-order chi connectivity index (χ1) is 10.8. The first kappa shape index (κ1) is 16.8. The second-order valence-electron chi connectivity index (χ2n) is 4.29. The smallest absolute Gasteiger partial charge is 0.358 e. The zero-order chi connectivity index (χ0) is 17.3. The Morgan fingerprint density at radius 1 is 1.26 bits per heavy atom. The van der Waals surface area contributed by atoms with Crippen molar-refractivity contribution >= 4 is 29.5 Å². The van der Waals surface area contributed by atoms with Crippen molar-refractivity contribution in [2.45, 2.75) is 0 Å². The number of nitrogens with zero attached hydrogens (tertiary/aromatic N) is 1. The molecule has 2 rings (SSSR count). The fourth-order valence-corrected chi connectivity index (χ4v) is 2.01. The van der Waals surface area contributed by atoms with E-state index in [0.29, 0.717) is 0 Å². The number of nitrogens with two attached hydrogens (primary N) is 1. The Labute approximate surface area is 132 Å². The Morgan fingerprint density at radius 3 is 2.48 bits per heavy atom. The van der Waals surface area contributed by atoms with Crippen LogP contribution in [0.15, 0.2) is 12.1 Å². The monoisotopic (exact) mass is 344 g/mol. The Bertz CT molecular complexity index is 828. The van der Waals surface area contributed by atoms with Gasteiger partial charge in [0.1, 0.15) is 5.69 Å². The van der Waals surface area contributed by atoms with E-state index in [2.05, 4.69) is 9.72 Å². The largest absolute Gasteiger partial charge is 0.464 e. The van der Waals surface area contributed by atoms with Gasteiger partial charge in [0.05, 0.1) is 23.4 Å². The number of carbonyl (C=O) groups is 2. The fourth-order valence-electron chi connectivity index (χ4n) is 1.81. The normalized spacial score (nSPS) is 10.5. The van der Waals surface area contributed by atoms with Crippen LogP contribution < -0.4 is 5.73 Å². The lowest BCUT2D eigenvalue weighted by molar-refractivity contribution is 0.0594. The van der Waals surface area contributed by atoms with Crippen molar-refractivity contribution < 1.29 is 27.5 Å². The van der Waals surface area contributed by atoms with Gasteiger partial charge in [0, 0.05) is 5.56 Å². The summed E-state index contributed by atoms with van der Waals surface area (Å²) in [6, 6.07) is 1.87. The Hall–Kier alpha value is -2.61. The average Bonchev–Trinajstić information content (AvgIpc) is 2.55. The van der Waals surface area contributed by atoms with Gasteiger partial charge in [-0.1, -0.05) is 11.6 Å². The van der Waals surface area contributed by atoms with E-state index in [9.17, 15) is 22.8 Å². The van der Waals surface area contributed by atoms with Gasteiger partial charge in [-0.2, -0.15) is 0 Å². The third-order valence-corrected chi connectivity index (χ3v) is 3.37. The number of benzene rings is 1. The lowest BCUT2D eigenvalue weighted by Crippen LogP contribution is -2.11. The number of esters is 1. The van der Waals surface area contributed by atoms with Gasteiger partial charge in [0.25, 0.3) is 0 Å². The number of aldehydes is 1. The van der Waals surface area contributed by atoms with Crippen LogP contribution in [0.2, 0.25) is 5.02 Å². The highest BCUT2D eigenvalue weighted by atomic mass is 35.5. The standard InChI is InChI=1S/C14H8ClF3N2O3/c1-23-14(22)13-7(15)11(19)10(18)12(20-13)6-3-2-5(4-21)8(16)9(6)17/h2-4H,1H3,(H2,19,20). The number of methoxy groups -OCH3 is 1. The average molecular weight is 345 g/mol. The number of carbonyl (C=O) groups excluding carboxylic acids is 2. The molecule has 9 heteroatoms. The van der Waals surface area contributed by atoms with Crippen LogP contribution in [0.4, 0.5) is 18.9 Å². The van der Waals surface area contributed by atoms with Gasteiger partial charge < -0.3 is 10.5 Å². The zero-order valence-electron chi connectivity index (χ0n) is 11.5. The van der Waals surface area contributed by atoms with Crippen molar-refractivity contribution in [2.24, 2.45) is 0 Å². The minimum atomic E-state index is -1.52. The Kier molecular flexibility index (Phi) is 4.55. The second kappa shape index (κ2) is 6.25. The van der Waals surface area contributed by atoms with E-state index in [1.54, 1.807) is 0 Å². The number of anilines is 1. The van der Waals surface area contributed by atoms with Crippen molar-refractivity contribution in [2.75, 3.05) is 12.8 Å². The molecule has 1 aromatic carbocycles. The van der Waals surface area contributed by atoms with Crippen LogP contribution in [-0.2, 0) is 4.74 Å². The molecule has 1 heterocycles. The molecule has 2 N–H and O–H groups in total. The van der Waals surface area contributed by atoms with Crippen molar-refractivity contribution in [3.63, 3.8) is 0 Å². The molecule has 2 aromatic rings. The first-order valence-electron chi connectivity index (χ1n) is 5.99. The van der Waals surface area contributed by atoms with E-state index in [1.807, 2.05) is 0 Å². The van der Waals surface area contributed by atoms with Crippen LogP contribution in [0.1, 0.15) is 20.8 Å². The van der Waals surface area contributed by atoms with E-state index < -0.39 is 56.6 Å². The minimum absolute atomic E-state index is 0.0993. The van der Waals surface area contributed by atoms with Crippen molar-refractivity contribution in [1.29, 1.82) is 0 Å². The maximum atomic E-state index is 14.2. The lowest BCUT2D eigenvalue weighted by atomic mass is 10.1. The van der Waals surface area contributed by atoms with Gasteiger partial charge in [-0.05, 0) is 12.1 Å². The summed E-state index contributed by atoms with van der Waals surface area (Å²) in [6.07, 6.45) is 0.0993. The van der Waals surface area contributed by atoms with Crippen LogP contribution in [0.3, 0.4) is 0 Å². The van der Waals surface area contributed by atoms with Crippen molar-refractivity contribution in [3.8, 4) is 11.3 Å². The molecule has 0 radical (unpaired) electrons. The molecule has 0 aliphatic carbocycles. The summed E-state index contributed by atoms with van der Waals surface area (Å²) in [5.74, 6) is -5.27. The van der Waals surface area contributed by atoms with Gasteiger partial charge in [0.15, 0.2) is 29.4 Å². The Balaban J connectivity index is 2.79. The number of nitrogen functional groups attached to an aromatic ring is 1. The summed E-state index contributed by atoms with van der Waals surface area (Å²) in [4.78, 5) is 25.7. The van der Waals surface area contributed by atoms with Crippen LogP contribution in [-0.4, -0.2) is 24.3 Å². The van der Waals surface area contributed by atoms with E-state index in [1.165, 1.54) is 0 Å². The molecule has 0 amide bonds. The highest BCUT2D eigenvalue weighted by Gasteiger charge is 2.25. The molecular weight excluding hydrogens is 337 g/mol. The molecule has 1 aromatic heterocycles. The fraction of sp³-hybridized carbons (Fsp3) is 0.0714. The van der Waals surface area contributed by atoms with Crippen molar-refractivity contribution in [1.82, 2.24) is 4.98 Å². The van der Waals surface area contributed by atoms with E-state index in [0.717, 1.165) is 19.2 Å². The maximum absolute atomic E-state index is 14.2. The molecule has 0 bridgehead atoms. The van der Waals surface area contributed by atoms with Crippen LogP contribution >= 0.6 is 11.6 Å². The number of hydrogen-bond acceptors (Lipinski definition) is 5. The highest BCUT2D eigenvalue weighted by Crippen LogP contribution is 2.34. The third-order valence-electron chi connectivity index (χ3n) is 2.99. The van der Waals surface area contributed by atoms with Crippen LogP contribution in [0.5, 0.6) is 0 Å². The summed E-state index contributed by atoms with van der Waals surface area (Å²) in [6.45, 7) is 0. The molecule has 0 saturated carbocycles. The summed E-state index contributed by atoms with van der Waals surface area (Å²) in [5, 5.41) is -0.511. The van der Waals surface area contributed by atoms with Gasteiger partial charge in [-0.15, -0.1) is 0 Å². The van der Waals surface area contributed by atoms with E-state index >= 15 is 0 Å². The Morgan fingerprint density at radius 2 is 1.91 bits per heavy atom. The predicted octanol–water partition coefficient (Wildman–Crippen LogP) is 3.00. The summed E-state index contributed by atoms with van der Waals surface area (Å²) in [7, 11) is 1.03. The second-order valence-corrected chi connectivity index (χ2v) is 4.67. The molecule has 120 valence electrons. The molecule has 0 aliphatic rings. The molecule has 5 nitrogen and oxygen atoms in total. The third kappa shape index (κ3) is 2.72. The highest BCUT2D eigenvalue weighted by molar-refractivity contribution is 6.35. The number of halogens is 4.